The third-order valence-electron chi connectivity index (χ3n) is 3.29. The predicted molar refractivity (Wildman–Crippen MR) is 88.1 cm³/mol. The number of aromatic nitrogens is 2. The Kier molecular flexibility index (Phi) is 4.19. The van der Waals surface area contributed by atoms with Crippen molar-refractivity contribution >= 4 is 17.3 Å². The van der Waals surface area contributed by atoms with Gasteiger partial charge in [0.2, 0.25) is 5.95 Å². The average Bonchev–Trinajstić information content (AvgIpc) is 3.01. The summed E-state index contributed by atoms with van der Waals surface area (Å²) in [5, 5.41) is 10.8. The van der Waals surface area contributed by atoms with Gasteiger partial charge in [-0.05, 0) is 11.6 Å². The summed E-state index contributed by atoms with van der Waals surface area (Å²) >= 11 is 0. The number of hydrazine groups is 1. The van der Waals surface area contributed by atoms with E-state index in [1.54, 1.807) is 18.3 Å². The molecule has 0 spiro atoms. The molecule has 23 heavy (non-hydrogen) atoms. The molecule has 2 aromatic carbocycles. The highest BCUT2D eigenvalue weighted by atomic mass is 16.6. The number of nitrogens with zero attached hydrogens (tertiary/aromatic N) is 3. The highest BCUT2D eigenvalue weighted by Crippen LogP contribution is 2.17. The Labute approximate surface area is 132 Å². The summed E-state index contributed by atoms with van der Waals surface area (Å²) in [7, 11) is 0. The van der Waals surface area contributed by atoms with Crippen LogP contribution >= 0.6 is 0 Å². The molecule has 0 fully saturated rings. The Bertz CT molecular complexity index is 801. The maximum Gasteiger partial charge on any atom is 0.271 e. The molecule has 1 aromatic heterocycles. The first-order valence-corrected chi connectivity index (χ1v) is 7.04. The van der Waals surface area contributed by atoms with Crippen LogP contribution in [0.3, 0.4) is 0 Å². The van der Waals surface area contributed by atoms with E-state index in [0.717, 1.165) is 5.56 Å². The zero-order valence-corrected chi connectivity index (χ0v) is 12.2. The standard InChI is InChI=1S/C16H15N5O2/c22-21(23)15-8-4-7-14(11-15)18-19-16-17-9-10-20(16)12-13-5-2-1-3-6-13/h1-11,18H,12H2,(H,17,19)/i12+1. The molecule has 1 heterocycles. The third kappa shape index (κ3) is 3.65. The van der Waals surface area contributed by atoms with Gasteiger partial charge in [-0.15, -0.1) is 0 Å². The van der Waals surface area contributed by atoms with Crippen molar-refractivity contribution in [1.82, 2.24) is 9.55 Å². The second-order valence-corrected chi connectivity index (χ2v) is 4.92. The molecule has 0 aliphatic rings. The summed E-state index contributed by atoms with van der Waals surface area (Å²) in [5.41, 5.74) is 7.69. The van der Waals surface area contributed by atoms with Crippen molar-refractivity contribution in [3.63, 3.8) is 0 Å². The number of hydrogen-bond acceptors (Lipinski definition) is 5. The van der Waals surface area contributed by atoms with Gasteiger partial charge < -0.3 is 4.57 Å². The number of imidazole rings is 1. The third-order valence-corrected chi connectivity index (χ3v) is 3.29. The first-order valence-electron chi connectivity index (χ1n) is 7.04. The SMILES string of the molecule is O=[N+]([O-])c1cccc(NNc2nccn2[13CH2]c2ccccc2)c1. The van der Waals surface area contributed by atoms with Crippen molar-refractivity contribution in [2.75, 3.05) is 10.9 Å². The minimum atomic E-state index is -0.429. The largest absolute Gasteiger partial charge is 0.312 e. The maximum absolute atomic E-state index is 10.8. The van der Waals surface area contributed by atoms with E-state index in [1.165, 1.54) is 12.1 Å². The number of rotatable bonds is 6. The van der Waals surface area contributed by atoms with Crippen LogP contribution in [-0.4, -0.2) is 14.5 Å². The summed E-state index contributed by atoms with van der Waals surface area (Å²) in [6.45, 7) is 0.680. The van der Waals surface area contributed by atoms with Crippen LogP contribution in [0.4, 0.5) is 17.3 Å². The lowest BCUT2D eigenvalue weighted by Crippen LogP contribution is -2.14. The molecular formula is C16H15N5O2. The van der Waals surface area contributed by atoms with E-state index >= 15 is 0 Å². The normalized spacial score (nSPS) is 10.3. The first kappa shape index (κ1) is 14.6. The lowest BCUT2D eigenvalue weighted by molar-refractivity contribution is -0.384. The Morgan fingerprint density at radius 2 is 1.91 bits per heavy atom. The molecule has 0 saturated carbocycles. The van der Waals surface area contributed by atoms with Gasteiger partial charge in [0.15, 0.2) is 0 Å². The number of nitrogens with one attached hydrogen (secondary N) is 2. The van der Waals surface area contributed by atoms with E-state index in [-0.39, 0.29) is 5.69 Å². The van der Waals surface area contributed by atoms with Crippen molar-refractivity contribution in [2.45, 2.75) is 6.54 Å². The van der Waals surface area contributed by atoms with E-state index in [1.807, 2.05) is 41.1 Å². The molecule has 0 unspecified atom stereocenters. The van der Waals surface area contributed by atoms with E-state index in [4.69, 9.17) is 0 Å². The van der Waals surface area contributed by atoms with Crippen LogP contribution in [0.25, 0.3) is 0 Å². The fourth-order valence-electron chi connectivity index (χ4n) is 2.17. The van der Waals surface area contributed by atoms with Crippen LogP contribution < -0.4 is 10.9 Å². The van der Waals surface area contributed by atoms with Crippen LogP contribution in [0, 0.1) is 10.1 Å². The van der Waals surface area contributed by atoms with Gasteiger partial charge in [0.05, 0.1) is 17.2 Å². The lowest BCUT2D eigenvalue weighted by atomic mass is 10.3. The van der Waals surface area contributed by atoms with Gasteiger partial charge >= 0.3 is 0 Å². The van der Waals surface area contributed by atoms with Crippen molar-refractivity contribution in [3.8, 4) is 0 Å². The van der Waals surface area contributed by atoms with Gasteiger partial charge in [-0.3, -0.25) is 21.0 Å². The maximum atomic E-state index is 10.8. The van der Waals surface area contributed by atoms with E-state index < -0.39 is 4.92 Å². The predicted octanol–water partition coefficient (Wildman–Crippen LogP) is 3.28. The zero-order chi connectivity index (χ0) is 16.1. The lowest BCUT2D eigenvalue weighted by Gasteiger charge is -2.11. The highest BCUT2D eigenvalue weighted by molar-refractivity contribution is 5.53. The van der Waals surface area contributed by atoms with Crippen LogP contribution in [0.1, 0.15) is 5.56 Å². The molecule has 7 heteroatoms. The first-order chi connectivity index (χ1) is 11.2. The van der Waals surface area contributed by atoms with Gasteiger partial charge in [-0.25, -0.2) is 4.98 Å². The Hall–Kier alpha value is -3.35. The number of anilines is 2. The molecular weight excluding hydrogens is 295 g/mol. The Balaban J connectivity index is 1.69. The van der Waals surface area contributed by atoms with Crippen molar-refractivity contribution in [1.29, 1.82) is 0 Å². The molecule has 0 aliphatic heterocycles. The second kappa shape index (κ2) is 6.61. The zero-order valence-electron chi connectivity index (χ0n) is 12.2. The van der Waals surface area contributed by atoms with Gasteiger partial charge in [-0.2, -0.15) is 0 Å². The molecule has 2 N–H and O–H groups in total. The quantitative estimate of drug-likeness (QED) is 0.414. The summed E-state index contributed by atoms with van der Waals surface area (Å²) in [4.78, 5) is 14.6. The Morgan fingerprint density at radius 3 is 2.70 bits per heavy atom. The Morgan fingerprint density at radius 1 is 1.09 bits per heavy atom. The summed E-state index contributed by atoms with van der Waals surface area (Å²) in [6.07, 6.45) is 3.56. The molecule has 0 radical (unpaired) electrons. The number of nitro groups is 1. The topological polar surface area (TPSA) is 85.0 Å². The monoisotopic (exact) mass is 310 g/mol. The van der Waals surface area contributed by atoms with E-state index in [0.29, 0.717) is 18.2 Å². The number of benzene rings is 2. The molecule has 3 aromatic rings. The number of non-ortho nitro benzene ring substituents is 1. The van der Waals surface area contributed by atoms with Gasteiger partial charge in [0, 0.05) is 24.5 Å². The number of hydrogen-bond donors (Lipinski definition) is 2. The highest BCUT2D eigenvalue weighted by Gasteiger charge is 2.06. The van der Waals surface area contributed by atoms with Crippen LogP contribution in [-0.2, 0) is 6.54 Å². The molecule has 0 amide bonds. The van der Waals surface area contributed by atoms with Crippen LogP contribution in [0.2, 0.25) is 0 Å². The molecule has 116 valence electrons. The smallest absolute Gasteiger partial charge is 0.271 e. The van der Waals surface area contributed by atoms with E-state index in [2.05, 4.69) is 15.8 Å². The van der Waals surface area contributed by atoms with Crippen LogP contribution in [0.15, 0.2) is 67.0 Å². The molecule has 0 atom stereocenters. The molecule has 7 nitrogen and oxygen atoms in total. The fourth-order valence-corrected chi connectivity index (χ4v) is 2.17. The van der Waals surface area contributed by atoms with Crippen LogP contribution in [0.5, 0.6) is 0 Å². The summed E-state index contributed by atoms with van der Waals surface area (Å²) in [6, 6.07) is 16.3. The summed E-state index contributed by atoms with van der Waals surface area (Å²) in [5.74, 6) is 0.625. The van der Waals surface area contributed by atoms with Gasteiger partial charge in [-0.1, -0.05) is 36.4 Å². The minimum Gasteiger partial charge on any atom is -0.312 e. The van der Waals surface area contributed by atoms with Gasteiger partial charge in [0.1, 0.15) is 0 Å². The van der Waals surface area contributed by atoms with Crippen molar-refractivity contribution in [2.24, 2.45) is 0 Å². The van der Waals surface area contributed by atoms with E-state index in [9.17, 15) is 10.1 Å². The second-order valence-electron chi connectivity index (χ2n) is 4.92. The fraction of sp³-hybridized carbons (Fsp3) is 0.0625. The van der Waals surface area contributed by atoms with Gasteiger partial charge in [0.25, 0.3) is 5.69 Å². The average molecular weight is 310 g/mol. The molecule has 0 saturated heterocycles. The molecule has 3 rings (SSSR count). The summed E-state index contributed by atoms with van der Waals surface area (Å²) < 4.78 is 1.94. The molecule has 0 bridgehead atoms. The molecule has 0 aliphatic carbocycles. The van der Waals surface area contributed by atoms with Crippen molar-refractivity contribution < 1.29 is 4.92 Å². The minimum absolute atomic E-state index is 0.0319. The number of nitro benzene ring substituents is 1. The van der Waals surface area contributed by atoms with Crippen molar-refractivity contribution in [3.05, 3.63) is 82.7 Å².